The van der Waals surface area contributed by atoms with Crippen molar-refractivity contribution in [2.75, 3.05) is 31.6 Å². The van der Waals surface area contributed by atoms with E-state index in [4.69, 9.17) is 9.15 Å². The maximum absolute atomic E-state index is 12.5. The molecule has 1 fully saturated rings. The highest BCUT2D eigenvalue weighted by Gasteiger charge is 2.23. The van der Waals surface area contributed by atoms with Gasteiger partial charge >= 0.3 is 5.63 Å². The van der Waals surface area contributed by atoms with Crippen molar-refractivity contribution in [2.45, 2.75) is 26.2 Å². The lowest BCUT2D eigenvalue weighted by molar-refractivity contribution is -0.121. The molecule has 1 saturated heterocycles. The van der Waals surface area contributed by atoms with Crippen molar-refractivity contribution in [3.63, 3.8) is 0 Å². The second kappa shape index (κ2) is 9.25. The van der Waals surface area contributed by atoms with Crippen molar-refractivity contribution < 1.29 is 13.9 Å². The second-order valence-corrected chi connectivity index (χ2v) is 8.10. The third-order valence-corrected chi connectivity index (χ3v) is 6.09. The Balaban J connectivity index is 1.32. The Morgan fingerprint density at radius 1 is 1.23 bits per heavy atom. The van der Waals surface area contributed by atoms with Crippen molar-refractivity contribution in [3.8, 4) is 5.75 Å². The number of carbonyl (C=O) groups is 1. The Bertz CT molecular complexity index is 1120. The smallest absolute Gasteiger partial charge is 0.339 e. The molecule has 2 aromatic carbocycles. The van der Waals surface area contributed by atoms with Crippen LogP contribution in [0.5, 0.6) is 5.75 Å². The Morgan fingerprint density at radius 2 is 2.03 bits per heavy atom. The summed E-state index contributed by atoms with van der Waals surface area (Å²) in [4.78, 5) is 27.2. The van der Waals surface area contributed by atoms with Crippen LogP contribution in [0.25, 0.3) is 11.0 Å². The Kier molecular flexibility index (Phi) is 6.26. The monoisotopic (exact) mass is 420 g/mol. The van der Waals surface area contributed by atoms with Crippen LogP contribution in [-0.4, -0.2) is 32.7 Å². The van der Waals surface area contributed by atoms with Gasteiger partial charge in [-0.15, -0.1) is 0 Å². The van der Waals surface area contributed by atoms with Gasteiger partial charge in [0.25, 0.3) is 0 Å². The fourth-order valence-corrected chi connectivity index (χ4v) is 4.25. The number of nitrogens with zero attached hydrogens (tertiary/aromatic N) is 1. The first-order valence-electron chi connectivity index (χ1n) is 10.7. The van der Waals surface area contributed by atoms with Crippen molar-refractivity contribution in [2.24, 2.45) is 5.92 Å². The number of para-hydroxylation sites is 1. The van der Waals surface area contributed by atoms with Gasteiger partial charge in [-0.2, -0.15) is 0 Å². The molecule has 1 atom stereocenters. The van der Waals surface area contributed by atoms with Gasteiger partial charge in [-0.05, 0) is 55.5 Å². The van der Waals surface area contributed by atoms with E-state index in [1.165, 1.54) is 5.69 Å². The second-order valence-electron chi connectivity index (χ2n) is 8.10. The van der Waals surface area contributed by atoms with Gasteiger partial charge in [-0.1, -0.05) is 18.2 Å². The lowest BCUT2D eigenvalue weighted by Crippen LogP contribution is -2.31. The molecule has 0 bridgehead atoms. The number of amides is 1. The van der Waals surface area contributed by atoms with Gasteiger partial charge in [0.2, 0.25) is 5.91 Å². The molecule has 4 rings (SSSR count). The molecule has 1 aromatic heterocycles. The molecule has 1 aliphatic rings. The Morgan fingerprint density at radius 3 is 2.81 bits per heavy atom. The third kappa shape index (κ3) is 4.74. The summed E-state index contributed by atoms with van der Waals surface area (Å²) < 4.78 is 10.7. The number of fused-ring (bicyclic) bond motifs is 1. The molecule has 6 heteroatoms. The van der Waals surface area contributed by atoms with E-state index in [9.17, 15) is 9.59 Å². The van der Waals surface area contributed by atoms with E-state index >= 15 is 0 Å². The number of ether oxygens (including phenoxy) is 1. The minimum Gasteiger partial charge on any atom is -0.497 e. The average molecular weight is 421 g/mol. The van der Waals surface area contributed by atoms with Crippen LogP contribution in [0.3, 0.4) is 0 Å². The molecule has 1 amide bonds. The van der Waals surface area contributed by atoms with Crippen LogP contribution < -0.4 is 20.6 Å². The first kappa shape index (κ1) is 21.0. The molecule has 0 spiro atoms. The number of benzene rings is 2. The normalized spacial score (nSPS) is 15.9. The van der Waals surface area contributed by atoms with E-state index in [1.807, 2.05) is 37.3 Å². The van der Waals surface area contributed by atoms with Crippen LogP contribution in [-0.2, 0) is 11.2 Å². The van der Waals surface area contributed by atoms with Gasteiger partial charge in [-0.25, -0.2) is 4.79 Å². The van der Waals surface area contributed by atoms with Gasteiger partial charge in [0.15, 0.2) is 0 Å². The molecule has 1 unspecified atom stereocenters. The zero-order valence-corrected chi connectivity index (χ0v) is 18.0. The summed E-state index contributed by atoms with van der Waals surface area (Å²) in [6, 6.07) is 15.8. The highest BCUT2D eigenvalue weighted by Crippen LogP contribution is 2.25. The van der Waals surface area contributed by atoms with Gasteiger partial charge in [-0.3, -0.25) is 4.79 Å². The summed E-state index contributed by atoms with van der Waals surface area (Å²) in [6.45, 7) is 4.51. The van der Waals surface area contributed by atoms with Crippen LogP contribution >= 0.6 is 0 Å². The van der Waals surface area contributed by atoms with Crippen molar-refractivity contribution in [3.05, 3.63) is 70.1 Å². The van der Waals surface area contributed by atoms with Crippen LogP contribution in [0.15, 0.2) is 57.7 Å². The molecule has 6 nitrogen and oxygen atoms in total. The van der Waals surface area contributed by atoms with Crippen molar-refractivity contribution in [1.29, 1.82) is 0 Å². The zero-order chi connectivity index (χ0) is 21.8. The van der Waals surface area contributed by atoms with Crippen LogP contribution in [0.2, 0.25) is 0 Å². The van der Waals surface area contributed by atoms with Crippen molar-refractivity contribution in [1.82, 2.24) is 5.32 Å². The van der Waals surface area contributed by atoms with Gasteiger partial charge in [0.05, 0.1) is 7.11 Å². The molecule has 2 heterocycles. The number of nitrogens with one attached hydrogen (secondary N) is 1. The topological polar surface area (TPSA) is 71.8 Å². The quantitative estimate of drug-likeness (QED) is 0.591. The lowest BCUT2D eigenvalue weighted by Gasteiger charge is -2.18. The molecule has 0 saturated carbocycles. The molecule has 0 aliphatic carbocycles. The summed E-state index contributed by atoms with van der Waals surface area (Å²) >= 11 is 0. The fourth-order valence-electron chi connectivity index (χ4n) is 4.25. The molecule has 31 heavy (non-hydrogen) atoms. The first-order valence-corrected chi connectivity index (χ1v) is 10.7. The lowest BCUT2D eigenvalue weighted by atomic mass is 10.0. The number of rotatable bonds is 7. The molecular formula is C25H28N2O4. The van der Waals surface area contributed by atoms with Crippen molar-refractivity contribution >= 4 is 22.6 Å². The van der Waals surface area contributed by atoms with E-state index in [1.54, 1.807) is 13.2 Å². The highest BCUT2D eigenvalue weighted by molar-refractivity contribution is 5.82. The molecule has 162 valence electrons. The minimum absolute atomic E-state index is 0.0354. The molecule has 1 aliphatic heterocycles. The molecular weight excluding hydrogens is 392 g/mol. The molecule has 0 radical (unpaired) electrons. The predicted molar refractivity (Wildman–Crippen MR) is 122 cm³/mol. The van der Waals surface area contributed by atoms with E-state index < -0.39 is 0 Å². The maximum Gasteiger partial charge on any atom is 0.339 e. The van der Waals surface area contributed by atoms with E-state index in [0.717, 1.165) is 30.5 Å². The largest absolute Gasteiger partial charge is 0.497 e. The van der Waals surface area contributed by atoms with Crippen LogP contribution in [0.1, 0.15) is 24.0 Å². The summed E-state index contributed by atoms with van der Waals surface area (Å²) in [5, 5.41) is 3.91. The third-order valence-electron chi connectivity index (χ3n) is 6.09. The number of aryl methyl sites for hydroxylation is 1. The molecule has 3 aromatic rings. The number of hydrogen-bond donors (Lipinski definition) is 1. The Labute approximate surface area is 181 Å². The highest BCUT2D eigenvalue weighted by atomic mass is 16.5. The Hall–Kier alpha value is -3.28. The van der Waals surface area contributed by atoms with Gasteiger partial charge in [0.1, 0.15) is 11.3 Å². The van der Waals surface area contributed by atoms with Gasteiger partial charge in [0, 0.05) is 48.8 Å². The van der Waals surface area contributed by atoms with E-state index in [0.29, 0.717) is 35.8 Å². The van der Waals surface area contributed by atoms with E-state index in [2.05, 4.69) is 22.3 Å². The standard InChI is InChI=1S/C25H28N2O4/c1-17-21-9-8-20(30-2)14-23(21)31-25(29)22(17)10-11-24(28)26-15-18-12-13-27(16-18)19-6-4-3-5-7-19/h3-9,14,18H,10-13,15-16H2,1-2H3,(H,26,28). The SMILES string of the molecule is COc1ccc2c(C)c(CCC(=O)NCC3CCN(c4ccccc4)C3)c(=O)oc2c1. The summed E-state index contributed by atoms with van der Waals surface area (Å²) in [6.07, 6.45) is 1.69. The van der Waals surface area contributed by atoms with Crippen LogP contribution in [0.4, 0.5) is 5.69 Å². The number of carbonyl (C=O) groups excluding carboxylic acids is 1. The predicted octanol–water partition coefficient (Wildman–Crippen LogP) is 3.69. The molecule has 1 N–H and O–H groups in total. The maximum atomic E-state index is 12.5. The average Bonchev–Trinajstić information content (AvgIpc) is 3.27. The number of methoxy groups -OCH3 is 1. The number of anilines is 1. The fraction of sp³-hybridized carbons (Fsp3) is 0.360. The van der Waals surface area contributed by atoms with Crippen LogP contribution in [0, 0.1) is 12.8 Å². The van der Waals surface area contributed by atoms with Gasteiger partial charge < -0.3 is 19.4 Å². The summed E-state index contributed by atoms with van der Waals surface area (Å²) in [5.41, 5.74) is 2.76. The zero-order valence-electron chi connectivity index (χ0n) is 18.0. The van der Waals surface area contributed by atoms with E-state index in [-0.39, 0.29) is 18.0 Å². The number of hydrogen-bond acceptors (Lipinski definition) is 5. The summed E-state index contributed by atoms with van der Waals surface area (Å²) in [5.74, 6) is 1.04. The summed E-state index contributed by atoms with van der Waals surface area (Å²) in [7, 11) is 1.57. The first-order chi connectivity index (χ1) is 15.0. The minimum atomic E-state index is -0.389.